The first kappa shape index (κ1) is 14.6. The fourth-order valence-corrected chi connectivity index (χ4v) is 2.22. The van der Waals surface area contributed by atoms with Crippen LogP contribution in [0.4, 0.5) is 0 Å². The highest BCUT2D eigenvalue weighted by atomic mass is 79.9. The first-order chi connectivity index (χ1) is 8.15. The summed E-state index contributed by atoms with van der Waals surface area (Å²) in [4.78, 5) is 0. The number of rotatable bonds is 7. The van der Waals surface area contributed by atoms with Gasteiger partial charge in [-0.05, 0) is 29.8 Å². The lowest BCUT2D eigenvalue weighted by molar-refractivity contribution is -0.156. The highest BCUT2D eigenvalue weighted by Crippen LogP contribution is 2.26. The Morgan fingerprint density at radius 1 is 1.47 bits per heavy atom. The number of hydrogen-bond donors (Lipinski definition) is 2. The lowest BCUT2D eigenvalue weighted by Crippen LogP contribution is -2.40. The number of nitrogens with one attached hydrogen (secondary N) is 1. The minimum absolute atomic E-state index is 0.281. The Kier molecular flexibility index (Phi) is 6.07. The molecule has 1 aromatic heterocycles. The molecule has 0 fully saturated rings. The van der Waals surface area contributed by atoms with Gasteiger partial charge in [-0.15, -0.1) is 0 Å². The van der Waals surface area contributed by atoms with Crippen molar-refractivity contribution in [3.8, 4) is 0 Å². The van der Waals surface area contributed by atoms with Crippen molar-refractivity contribution >= 4 is 15.9 Å². The topological polar surface area (TPSA) is 74.3 Å². The summed E-state index contributed by atoms with van der Waals surface area (Å²) in [6.07, 6.45) is 1.27. The predicted molar refractivity (Wildman–Crippen MR) is 68.0 cm³/mol. The van der Waals surface area contributed by atoms with E-state index in [0.29, 0.717) is 13.2 Å². The second kappa shape index (κ2) is 7.07. The van der Waals surface area contributed by atoms with Crippen LogP contribution >= 0.6 is 15.9 Å². The predicted octanol–water partition coefficient (Wildman–Crippen LogP) is 1.09. The molecule has 0 amide bonds. The lowest BCUT2D eigenvalue weighted by atomic mass is 10.2. The number of aryl methyl sites for hydroxylation is 1. The van der Waals surface area contributed by atoms with Crippen molar-refractivity contribution in [3.05, 3.63) is 16.4 Å². The zero-order valence-electron chi connectivity index (χ0n) is 10.3. The van der Waals surface area contributed by atoms with E-state index in [4.69, 9.17) is 15.3 Å². The van der Waals surface area contributed by atoms with Gasteiger partial charge in [-0.2, -0.15) is 5.10 Å². The van der Waals surface area contributed by atoms with Crippen LogP contribution in [0.5, 0.6) is 0 Å². The minimum Gasteiger partial charge on any atom is -0.351 e. The van der Waals surface area contributed by atoms with E-state index < -0.39 is 6.29 Å². The molecular formula is C10H19BrN4O2. The highest BCUT2D eigenvalue weighted by Gasteiger charge is 2.27. The van der Waals surface area contributed by atoms with Gasteiger partial charge in [0.2, 0.25) is 0 Å². The average molecular weight is 307 g/mol. The molecule has 7 heteroatoms. The van der Waals surface area contributed by atoms with Gasteiger partial charge in [0.05, 0.1) is 16.4 Å². The molecule has 1 atom stereocenters. The maximum absolute atomic E-state index is 5.59. The third-order valence-electron chi connectivity index (χ3n) is 2.35. The van der Waals surface area contributed by atoms with E-state index in [1.165, 1.54) is 0 Å². The molecule has 0 aliphatic heterocycles. The van der Waals surface area contributed by atoms with Crippen LogP contribution in [0.1, 0.15) is 25.6 Å². The van der Waals surface area contributed by atoms with Crippen LogP contribution in [0.25, 0.3) is 0 Å². The normalized spacial score (nSPS) is 13.3. The molecule has 3 N–H and O–H groups in total. The van der Waals surface area contributed by atoms with Crippen molar-refractivity contribution in [2.75, 3.05) is 13.2 Å². The maximum Gasteiger partial charge on any atom is 0.179 e. The highest BCUT2D eigenvalue weighted by molar-refractivity contribution is 9.10. The number of halogens is 1. The van der Waals surface area contributed by atoms with Crippen molar-refractivity contribution in [3.63, 3.8) is 0 Å². The molecule has 0 radical (unpaired) electrons. The summed E-state index contributed by atoms with van der Waals surface area (Å²) >= 11 is 3.44. The number of ether oxygens (including phenoxy) is 2. The molecule has 1 aromatic rings. The Balaban J connectivity index is 2.95. The second-order valence-corrected chi connectivity index (χ2v) is 4.28. The Bertz CT molecular complexity index is 320. The van der Waals surface area contributed by atoms with Gasteiger partial charge in [-0.1, -0.05) is 0 Å². The van der Waals surface area contributed by atoms with Crippen LogP contribution in [0.15, 0.2) is 10.7 Å². The lowest BCUT2D eigenvalue weighted by Gasteiger charge is -2.26. The van der Waals surface area contributed by atoms with E-state index in [2.05, 4.69) is 26.5 Å². The van der Waals surface area contributed by atoms with Gasteiger partial charge in [0.25, 0.3) is 0 Å². The molecule has 1 heterocycles. The molecule has 0 bridgehead atoms. The molecule has 0 aromatic carbocycles. The molecule has 98 valence electrons. The Morgan fingerprint density at radius 2 is 2.06 bits per heavy atom. The molecule has 0 saturated carbocycles. The quantitative estimate of drug-likeness (QED) is 0.448. The fraction of sp³-hybridized carbons (Fsp3) is 0.700. The van der Waals surface area contributed by atoms with Crippen LogP contribution in [-0.4, -0.2) is 29.3 Å². The summed E-state index contributed by atoms with van der Waals surface area (Å²) < 4.78 is 13.7. The second-order valence-electron chi connectivity index (χ2n) is 3.42. The van der Waals surface area contributed by atoms with Crippen molar-refractivity contribution < 1.29 is 9.47 Å². The van der Waals surface area contributed by atoms with Crippen LogP contribution in [0.3, 0.4) is 0 Å². The molecular weight excluding hydrogens is 288 g/mol. The van der Waals surface area contributed by atoms with Gasteiger partial charge < -0.3 is 9.47 Å². The summed E-state index contributed by atoms with van der Waals surface area (Å²) in [7, 11) is 1.85. The summed E-state index contributed by atoms with van der Waals surface area (Å²) in [5, 5.41) is 4.15. The van der Waals surface area contributed by atoms with Crippen molar-refractivity contribution in [1.29, 1.82) is 0 Å². The van der Waals surface area contributed by atoms with Crippen molar-refractivity contribution in [2.24, 2.45) is 12.9 Å². The summed E-state index contributed by atoms with van der Waals surface area (Å²) in [6, 6.07) is -0.281. The molecule has 0 aliphatic carbocycles. The number of hydrazine groups is 1. The third kappa shape index (κ3) is 3.49. The van der Waals surface area contributed by atoms with E-state index >= 15 is 0 Å². The molecule has 0 spiro atoms. The number of nitrogens with zero attached hydrogens (tertiary/aromatic N) is 2. The van der Waals surface area contributed by atoms with Crippen LogP contribution in [-0.2, 0) is 16.5 Å². The molecule has 1 unspecified atom stereocenters. The maximum atomic E-state index is 5.59. The minimum atomic E-state index is -0.443. The molecule has 17 heavy (non-hydrogen) atoms. The van der Waals surface area contributed by atoms with Gasteiger partial charge in [0, 0.05) is 20.3 Å². The summed E-state index contributed by atoms with van der Waals surface area (Å²) in [6.45, 7) is 4.94. The van der Waals surface area contributed by atoms with Crippen LogP contribution in [0.2, 0.25) is 0 Å². The number of nitrogens with two attached hydrogens (primary N) is 1. The first-order valence-electron chi connectivity index (χ1n) is 5.52. The molecule has 0 saturated heterocycles. The SMILES string of the molecule is CCOC(OCC)C(NN)c1c(Br)cnn1C. The van der Waals surface area contributed by atoms with Gasteiger partial charge in [0.15, 0.2) is 6.29 Å². The van der Waals surface area contributed by atoms with E-state index in [1.807, 2.05) is 20.9 Å². The Labute approximate surface area is 110 Å². The standard InChI is InChI=1S/C10H19BrN4O2/c1-4-16-10(17-5-2)8(14-12)9-7(11)6-13-15(9)3/h6,8,10,14H,4-5,12H2,1-3H3. The van der Waals surface area contributed by atoms with Crippen LogP contribution in [0, 0.1) is 0 Å². The summed E-state index contributed by atoms with van der Waals surface area (Å²) in [5.41, 5.74) is 3.60. The van der Waals surface area contributed by atoms with Crippen molar-refractivity contribution in [1.82, 2.24) is 15.2 Å². The number of aromatic nitrogens is 2. The smallest absolute Gasteiger partial charge is 0.179 e. The molecule has 1 rings (SSSR count). The molecule has 0 aliphatic rings. The fourth-order valence-electron chi connectivity index (χ4n) is 1.63. The van der Waals surface area contributed by atoms with Gasteiger partial charge in [-0.3, -0.25) is 10.5 Å². The zero-order valence-corrected chi connectivity index (χ0v) is 11.9. The van der Waals surface area contributed by atoms with Gasteiger partial charge >= 0.3 is 0 Å². The first-order valence-corrected chi connectivity index (χ1v) is 6.31. The summed E-state index contributed by atoms with van der Waals surface area (Å²) in [5.74, 6) is 5.59. The number of hydrogen-bond acceptors (Lipinski definition) is 5. The average Bonchev–Trinajstić information content (AvgIpc) is 2.62. The third-order valence-corrected chi connectivity index (χ3v) is 2.96. The zero-order chi connectivity index (χ0) is 12.8. The Morgan fingerprint density at radius 3 is 2.41 bits per heavy atom. The van der Waals surface area contributed by atoms with Crippen molar-refractivity contribution in [2.45, 2.75) is 26.2 Å². The van der Waals surface area contributed by atoms with Gasteiger partial charge in [0.1, 0.15) is 6.04 Å². The van der Waals surface area contributed by atoms with E-state index in [0.717, 1.165) is 10.2 Å². The van der Waals surface area contributed by atoms with E-state index in [9.17, 15) is 0 Å². The Hall–Kier alpha value is -0.470. The molecule has 6 nitrogen and oxygen atoms in total. The van der Waals surface area contributed by atoms with E-state index in [-0.39, 0.29) is 6.04 Å². The largest absolute Gasteiger partial charge is 0.351 e. The van der Waals surface area contributed by atoms with Crippen LogP contribution < -0.4 is 11.3 Å². The van der Waals surface area contributed by atoms with E-state index in [1.54, 1.807) is 10.9 Å². The monoisotopic (exact) mass is 306 g/mol. The van der Waals surface area contributed by atoms with Gasteiger partial charge in [-0.25, -0.2) is 5.43 Å².